The van der Waals surface area contributed by atoms with Crippen LogP contribution in [-0.2, 0) is 4.79 Å². The molecule has 2 saturated carbocycles. The Morgan fingerprint density at radius 3 is 2.47 bits per heavy atom. The highest BCUT2D eigenvalue weighted by atomic mass is 16.4. The average molecular weight is 239 g/mol. The van der Waals surface area contributed by atoms with Crippen LogP contribution in [0.25, 0.3) is 0 Å². The van der Waals surface area contributed by atoms with E-state index in [1.165, 1.54) is 25.7 Å². The Morgan fingerprint density at radius 1 is 1.29 bits per heavy atom. The van der Waals surface area contributed by atoms with E-state index in [-0.39, 0.29) is 5.92 Å². The zero-order chi connectivity index (χ0) is 12.5. The number of aliphatic carboxylic acids is 1. The molecule has 2 rings (SSSR count). The van der Waals surface area contributed by atoms with E-state index in [2.05, 4.69) is 11.8 Å². The Morgan fingerprint density at radius 2 is 2.00 bits per heavy atom. The van der Waals surface area contributed by atoms with Gasteiger partial charge in [-0.1, -0.05) is 26.2 Å². The largest absolute Gasteiger partial charge is 0.480 e. The minimum Gasteiger partial charge on any atom is -0.480 e. The summed E-state index contributed by atoms with van der Waals surface area (Å²) in [6.07, 6.45) is 8.03. The first kappa shape index (κ1) is 12.9. The van der Waals surface area contributed by atoms with Crippen LogP contribution in [0.4, 0.5) is 0 Å². The highest BCUT2D eigenvalue weighted by Crippen LogP contribution is 2.39. The second kappa shape index (κ2) is 4.97. The van der Waals surface area contributed by atoms with E-state index in [0.717, 1.165) is 31.7 Å². The third-order valence-electron chi connectivity index (χ3n) is 5.07. The molecule has 2 aliphatic rings. The van der Waals surface area contributed by atoms with Crippen LogP contribution < -0.4 is 0 Å². The number of hydrogen-bond donors (Lipinski definition) is 1. The lowest BCUT2D eigenvalue weighted by Gasteiger charge is -2.47. The topological polar surface area (TPSA) is 40.5 Å². The molecule has 17 heavy (non-hydrogen) atoms. The Balaban J connectivity index is 2.10. The molecule has 0 radical (unpaired) electrons. The van der Waals surface area contributed by atoms with E-state index in [1.54, 1.807) is 0 Å². The molecular weight excluding hydrogens is 214 g/mol. The Hall–Kier alpha value is -0.570. The van der Waals surface area contributed by atoms with Crippen LogP contribution in [0.3, 0.4) is 0 Å². The first-order valence-corrected chi connectivity index (χ1v) is 7.02. The Kier molecular flexibility index (Phi) is 3.76. The summed E-state index contributed by atoms with van der Waals surface area (Å²) in [6.45, 7) is 3.08. The fourth-order valence-corrected chi connectivity index (χ4v) is 3.60. The van der Waals surface area contributed by atoms with E-state index < -0.39 is 11.5 Å². The van der Waals surface area contributed by atoms with Crippen molar-refractivity contribution in [2.24, 2.45) is 11.8 Å². The smallest absolute Gasteiger partial charge is 0.324 e. The fraction of sp³-hybridized carbons (Fsp3) is 0.929. The molecule has 2 unspecified atom stereocenters. The number of rotatable bonds is 4. The number of nitrogens with zero attached hydrogens (tertiary/aromatic N) is 1. The van der Waals surface area contributed by atoms with Crippen LogP contribution >= 0.6 is 0 Å². The van der Waals surface area contributed by atoms with Gasteiger partial charge in [-0.15, -0.1) is 0 Å². The summed E-state index contributed by atoms with van der Waals surface area (Å²) in [4.78, 5) is 13.9. The summed E-state index contributed by atoms with van der Waals surface area (Å²) in [5.41, 5.74) is -0.589. The second-order valence-electron chi connectivity index (χ2n) is 6.05. The summed E-state index contributed by atoms with van der Waals surface area (Å²) in [5.74, 6) is 0.413. The van der Waals surface area contributed by atoms with Crippen molar-refractivity contribution >= 4 is 5.97 Å². The van der Waals surface area contributed by atoms with Crippen molar-refractivity contribution in [2.45, 2.75) is 57.4 Å². The van der Waals surface area contributed by atoms with E-state index in [9.17, 15) is 9.90 Å². The third kappa shape index (κ3) is 2.22. The summed E-state index contributed by atoms with van der Waals surface area (Å²) in [6, 6.07) is 0. The van der Waals surface area contributed by atoms with Gasteiger partial charge in [0.05, 0.1) is 0 Å². The normalized spacial score (nSPS) is 34.6. The predicted octanol–water partition coefficient (Wildman–Crippen LogP) is 2.75. The minimum absolute atomic E-state index is 0.277. The van der Waals surface area contributed by atoms with E-state index >= 15 is 0 Å². The van der Waals surface area contributed by atoms with Gasteiger partial charge in [-0.25, -0.2) is 0 Å². The maximum atomic E-state index is 11.8. The van der Waals surface area contributed by atoms with Gasteiger partial charge in [0.15, 0.2) is 0 Å². The van der Waals surface area contributed by atoms with Crippen molar-refractivity contribution in [3.63, 3.8) is 0 Å². The van der Waals surface area contributed by atoms with E-state index in [4.69, 9.17) is 0 Å². The Bertz CT molecular complexity index is 288. The second-order valence-corrected chi connectivity index (χ2v) is 6.05. The third-order valence-corrected chi connectivity index (χ3v) is 5.07. The number of carbonyl (C=O) groups is 1. The highest BCUT2D eigenvalue weighted by molar-refractivity contribution is 5.79. The molecule has 3 nitrogen and oxygen atoms in total. The van der Waals surface area contributed by atoms with Crippen LogP contribution in [0.5, 0.6) is 0 Å². The van der Waals surface area contributed by atoms with Gasteiger partial charge in [0.2, 0.25) is 0 Å². The molecule has 0 aromatic rings. The van der Waals surface area contributed by atoms with Gasteiger partial charge in [0.1, 0.15) is 5.54 Å². The van der Waals surface area contributed by atoms with Crippen molar-refractivity contribution in [1.29, 1.82) is 0 Å². The van der Waals surface area contributed by atoms with Crippen molar-refractivity contribution < 1.29 is 9.90 Å². The molecule has 0 aromatic heterocycles. The van der Waals surface area contributed by atoms with Crippen LogP contribution in [-0.4, -0.2) is 35.1 Å². The maximum absolute atomic E-state index is 11.8. The van der Waals surface area contributed by atoms with E-state index in [0.29, 0.717) is 0 Å². The number of hydrogen-bond acceptors (Lipinski definition) is 2. The zero-order valence-electron chi connectivity index (χ0n) is 11.1. The Labute approximate surface area is 104 Å². The standard InChI is InChI=1S/C14H25NO2/c1-11-6-3-4-9-14(11,13(16)17)15(2)10-12-7-5-8-12/h11-12H,3-10H2,1-2H3,(H,16,17). The molecule has 0 aliphatic heterocycles. The summed E-state index contributed by atoms with van der Waals surface area (Å²) in [7, 11) is 2.02. The molecule has 3 heteroatoms. The molecule has 98 valence electrons. The number of likely N-dealkylation sites (N-methyl/N-ethyl adjacent to an activating group) is 1. The van der Waals surface area contributed by atoms with Gasteiger partial charge in [0, 0.05) is 6.54 Å². The predicted molar refractivity (Wildman–Crippen MR) is 68.0 cm³/mol. The van der Waals surface area contributed by atoms with Crippen molar-refractivity contribution in [2.75, 3.05) is 13.6 Å². The lowest BCUT2D eigenvalue weighted by atomic mass is 9.71. The zero-order valence-corrected chi connectivity index (χ0v) is 11.1. The number of carboxylic acid groups (broad SMARTS) is 1. The van der Waals surface area contributed by atoms with E-state index in [1.807, 2.05) is 7.05 Å². The molecule has 0 aromatic carbocycles. The van der Waals surface area contributed by atoms with Crippen molar-refractivity contribution in [3.05, 3.63) is 0 Å². The quantitative estimate of drug-likeness (QED) is 0.820. The molecule has 2 fully saturated rings. The van der Waals surface area contributed by atoms with Gasteiger partial charge in [0.25, 0.3) is 0 Å². The van der Waals surface area contributed by atoms with Crippen LogP contribution in [0.2, 0.25) is 0 Å². The monoisotopic (exact) mass is 239 g/mol. The summed E-state index contributed by atoms with van der Waals surface area (Å²) < 4.78 is 0. The molecule has 2 atom stereocenters. The molecule has 0 amide bonds. The average Bonchev–Trinajstić information content (AvgIpc) is 2.23. The molecule has 0 spiro atoms. The van der Waals surface area contributed by atoms with Crippen molar-refractivity contribution in [3.8, 4) is 0 Å². The van der Waals surface area contributed by atoms with Crippen LogP contribution in [0, 0.1) is 11.8 Å². The number of carboxylic acids is 1. The molecule has 0 saturated heterocycles. The maximum Gasteiger partial charge on any atom is 0.324 e. The molecular formula is C14H25NO2. The summed E-state index contributed by atoms with van der Waals surface area (Å²) in [5, 5.41) is 9.69. The molecule has 2 aliphatic carbocycles. The van der Waals surface area contributed by atoms with Crippen molar-refractivity contribution in [1.82, 2.24) is 4.90 Å². The SMILES string of the molecule is CC1CCCCC1(C(=O)O)N(C)CC1CCC1. The van der Waals surface area contributed by atoms with Crippen LogP contribution in [0.15, 0.2) is 0 Å². The van der Waals surface area contributed by atoms with Gasteiger partial charge in [-0.05, 0) is 44.6 Å². The first-order chi connectivity index (χ1) is 8.07. The molecule has 1 N–H and O–H groups in total. The molecule has 0 bridgehead atoms. The fourth-order valence-electron chi connectivity index (χ4n) is 3.60. The minimum atomic E-state index is -0.605. The van der Waals surface area contributed by atoms with Gasteiger partial charge < -0.3 is 5.11 Å². The van der Waals surface area contributed by atoms with Gasteiger partial charge in [-0.2, -0.15) is 0 Å². The molecule has 0 heterocycles. The van der Waals surface area contributed by atoms with Gasteiger partial charge >= 0.3 is 5.97 Å². The van der Waals surface area contributed by atoms with Gasteiger partial charge in [-0.3, -0.25) is 9.69 Å². The highest BCUT2D eigenvalue weighted by Gasteiger charge is 2.48. The lowest BCUT2D eigenvalue weighted by molar-refractivity contribution is -0.158. The summed E-state index contributed by atoms with van der Waals surface area (Å²) >= 11 is 0. The van der Waals surface area contributed by atoms with Crippen LogP contribution in [0.1, 0.15) is 51.9 Å². The first-order valence-electron chi connectivity index (χ1n) is 7.02. The lowest BCUT2D eigenvalue weighted by Crippen LogP contribution is -2.59.